The molecule has 0 aromatic heterocycles. The van der Waals surface area contributed by atoms with E-state index in [0.29, 0.717) is 13.0 Å². The Hall–Kier alpha value is -1.26. The Labute approximate surface area is 116 Å². The molecular formula is C14H28N2O3. The lowest BCUT2D eigenvalue weighted by atomic mass is 10.1. The summed E-state index contributed by atoms with van der Waals surface area (Å²) < 4.78 is 0. The summed E-state index contributed by atoms with van der Waals surface area (Å²) in [5, 5.41) is 14.3. The van der Waals surface area contributed by atoms with Gasteiger partial charge in [-0.1, -0.05) is 39.5 Å². The van der Waals surface area contributed by atoms with Crippen molar-refractivity contribution >= 4 is 12.0 Å². The van der Waals surface area contributed by atoms with Crippen molar-refractivity contribution in [2.24, 2.45) is 5.92 Å². The van der Waals surface area contributed by atoms with Gasteiger partial charge in [-0.2, -0.15) is 0 Å². The predicted molar refractivity (Wildman–Crippen MR) is 76.2 cm³/mol. The third-order valence-corrected chi connectivity index (χ3v) is 3.15. The number of urea groups is 1. The zero-order valence-corrected chi connectivity index (χ0v) is 12.4. The number of rotatable bonds is 10. The minimum absolute atomic E-state index is 0.161. The summed E-state index contributed by atoms with van der Waals surface area (Å²) in [4.78, 5) is 22.1. The van der Waals surface area contributed by atoms with Crippen LogP contribution in [0.15, 0.2) is 0 Å². The van der Waals surface area contributed by atoms with Gasteiger partial charge in [-0.25, -0.2) is 4.79 Å². The molecule has 5 nitrogen and oxygen atoms in total. The van der Waals surface area contributed by atoms with Crippen LogP contribution in [0.3, 0.4) is 0 Å². The Bertz CT molecular complexity index is 269. The molecule has 0 aromatic rings. The molecule has 0 aromatic carbocycles. The van der Waals surface area contributed by atoms with Crippen LogP contribution in [-0.4, -0.2) is 29.7 Å². The molecule has 0 spiro atoms. The van der Waals surface area contributed by atoms with E-state index < -0.39 is 11.9 Å². The molecule has 0 aliphatic heterocycles. The van der Waals surface area contributed by atoms with Gasteiger partial charge >= 0.3 is 12.0 Å². The van der Waals surface area contributed by atoms with Crippen molar-refractivity contribution in [1.82, 2.24) is 10.6 Å². The average molecular weight is 272 g/mol. The van der Waals surface area contributed by atoms with Crippen molar-refractivity contribution in [2.45, 2.75) is 65.3 Å². The summed E-state index contributed by atoms with van der Waals surface area (Å²) in [5.41, 5.74) is 0. The Morgan fingerprint density at radius 1 is 1.11 bits per heavy atom. The number of carboxylic acids is 1. The summed E-state index contributed by atoms with van der Waals surface area (Å²) >= 11 is 0. The molecule has 0 radical (unpaired) electrons. The van der Waals surface area contributed by atoms with Crippen LogP contribution >= 0.6 is 0 Å². The number of amides is 2. The SMILES string of the molecule is CCCCCCC(C)NC(=O)NCCC(C)C(=O)O. The van der Waals surface area contributed by atoms with Gasteiger partial charge in [0.05, 0.1) is 5.92 Å². The first kappa shape index (κ1) is 17.7. The molecule has 112 valence electrons. The molecule has 2 amide bonds. The summed E-state index contributed by atoms with van der Waals surface area (Å²) in [6.07, 6.45) is 6.23. The van der Waals surface area contributed by atoms with E-state index in [9.17, 15) is 9.59 Å². The van der Waals surface area contributed by atoms with Crippen LogP contribution in [0.1, 0.15) is 59.3 Å². The second-order valence-corrected chi connectivity index (χ2v) is 5.18. The van der Waals surface area contributed by atoms with Crippen LogP contribution in [0.4, 0.5) is 4.79 Å². The number of aliphatic carboxylic acids is 1. The zero-order valence-electron chi connectivity index (χ0n) is 12.4. The molecular weight excluding hydrogens is 244 g/mol. The number of carbonyl (C=O) groups excluding carboxylic acids is 1. The topological polar surface area (TPSA) is 78.4 Å². The van der Waals surface area contributed by atoms with Crippen molar-refractivity contribution in [3.8, 4) is 0 Å². The maximum atomic E-state index is 11.5. The van der Waals surface area contributed by atoms with Crippen molar-refractivity contribution in [2.75, 3.05) is 6.54 Å². The van der Waals surface area contributed by atoms with Gasteiger partial charge < -0.3 is 15.7 Å². The van der Waals surface area contributed by atoms with Crippen molar-refractivity contribution < 1.29 is 14.7 Å². The smallest absolute Gasteiger partial charge is 0.314 e. The second-order valence-electron chi connectivity index (χ2n) is 5.18. The van der Waals surface area contributed by atoms with E-state index >= 15 is 0 Å². The van der Waals surface area contributed by atoms with Gasteiger partial charge in [-0.05, 0) is 19.8 Å². The number of carboxylic acid groups (broad SMARTS) is 1. The highest BCUT2D eigenvalue weighted by Crippen LogP contribution is 2.05. The van der Waals surface area contributed by atoms with Crippen LogP contribution in [0.25, 0.3) is 0 Å². The summed E-state index contributed by atoms with van der Waals surface area (Å²) in [7, 11) is 0. The minimum Gasteiger partial charge on any atom is -0.481 e. The highest BCUT2D eigenvalue weighted by Gasteiger charge is 2.11. The number of hydrogen-bond donors (Lipinski definition) is 3. The van der Waals surface area contributed by atoms with Gasteiger partial charge in [0.25, 0.3) is 0 Å². The highest BCUT2D eigenvalue weighted by atomic mass is 16.4. The first-order valence-corrected chi connectivity index (χ1v) is 7.24. The fraction of sp³-hybridized carbons (Fsp3) is 0.857. The second kappa shape index (κ2) is 10.6. The number of hydrogen-bond acceptors (Lipinski definition) is 2. The van der Waals surface area contributed by atoms with Gasteiger partial charge in [0, 0.05) is 12.6 Å². The third kappa shape index (κ3) is 10.4. The van der Waals surface area contributed by atoms with Crippen LogP contribution < -0.4 is 10.6 Å². The molecule has 0 heterocycles. The lowest BCUT2D eigenvalue weighted by Crippen LogP contribution is -2.41. The van der Waals surface area contributed by atoms with E-state index in [1.165, 1.54) is 19.3 Å². The van der Waals surface area contributed by atoms with Gasteiger partial charge in [-0.15, -0.1) is 0 Å². The van der Waals surface area contributed by atoms with Gasteiger partial charge in [0.15, 0.2) is 0 Å². The van der Waals surface area contributed by atoms with Crippen LogP contribution in [0.5, 0.6) is 0 Å². The summed E-state index contributed by atoms with van der Waals surface area (Å²) in [6.45, 7) is 6.19. The molecule has 3 N–H and O–H groups in total. The molecule has 0 aliphatic carbocycles. The maximum Gasteiger partial charge on any atom is 0.314 e. The fourth-order valence-corrected chi connectivity index (χ4v) is 1.75. The standard InChI is InChI=1S/C14H28N2O3/c1-4-5-6-7-8-12(3)16-14(19)15-10-9-11(2)13(17)18/h11-12H,4-10H2,1-3H3,(H,17,18)(H2,15,16,19). The molecule has 0 fully saturated rings. The van der Waals surface area contributed by atoms with E-state index in [2.05, 4.69) is 17.6 Å². The quantitative estimate of drug-likeness (QED) is 0.535. The van der Waals surface area contributed by atoms with Crippen molar-refractivity contribution in [1.29, 1.82) is 0 Å². The molecule has 2 atom stereocenters. The van der Waals surface area contributed by atoms with E-state index in [1.54, 1.807) is 6.92 Å². The lowest BCUT2D eigenvalue weighted by molar-refractivity contribution is -0.141. The molecule has 0 bridgehead atoms. The average Bonchev–Trinajstić information content (AvgIpc) is 2.34. The lowest BCUT2D eigenvalue weighted by Gasteiger charge is -2.15. The van der Waals surface area contributed by atoms with Gasteiger partial charge in [-0.3, -0.25) is 4.79 Å². The van der Waals surface area contributed by atoms with Gasteiger partial charge in [0.1, 0.15) is 0 Å². The Morgan fingerprint density at radius 3 is 2.37 bits per heavy atom. The number of unbranched alkanes of at least 4 members (excludes halogenated alkanes) is 3. The van der Waals surface area contributed by atoms with Gasteiger partial charge in [0.2, 0.25) is 0 Å². The number of carbonyl (C=O) groups is 2. The Balaban J connectivity index is 3.59. The van der Waals surface area contributed by atoms with Crippen LogP contribution in [0, 0.1) is 5.92 Å². The molecule has 0 aliphatic rings. The highest BCUT2D eigenvalue weighted by molar-refractivity contribution is 5.74. The summed E-state index contributed by atoms with van der Waals surface area (Å²) in [6, 6.07) is -0.0469. The Kier molecular flexibility index (Phi) is 9.94. The molecule has 2 unspecified atom stereocenters. The Morgan fingerprint density at radius 2 is 1.79 bits per heavy atom. The monoisotopic (exact) mass is 272 g/mol. The van der Waals surface area contributed by atoms with Crippen LogP contribution in [0.2, 0.25) is 0 Å². The number of nitrogens with one attached hydrogen (secondary N) is 2. The summed E-state index contributed by atoms with van der Waals surface area (Å²) in [5.74, 6) is -1.25. The van der Waals surface area contributed by atoms with Crippen molar-refractivity contribution in [3.63, 3.8) is 0 Å². The van der Waals surface area contributed by atoms with Crippen molar-refractivity contribution in [3.05, 3.63) is 0 Å². The normalized spacial score (nSPS) is 13.6. The maximum absolute atomic E-state index is 11.5. The first-order chi connectivity index (χ1) is 8.97. The van der Waals surface area contributed by atoms with E-state index in [1.807, 2.05) is 6.92 Å². The molecule has 0 saturated heterocycles. The zero-order chi connectivity index (χ0) is 14.7. The molecule has 5 heteroatoms. The largest absolute Gasteiger partial charge is 0.481 e. The fourth-order valence-electron chi connectivity index (χ4n) is 1.75. The van der Waals surface area contributed by atoms with E-state index in [0.717, 1.165) is 12.8 Å². The predicted octanol–water partition coefficient (Wildman–Crippen LogP) is 2.76. The molecule has 0 rings (SSSR count). The molecule has 0 saturated carbocycles. The van der Waals surface area contributed by atoms with E-state index in [4.69, 9.17) is 5.11 Å². The minimum atomic E-state index is -0.827. The first-order valence-electron chi connectivity index (χ1n) is 7.24. The van der Waals surface area contributed by atoms with E-state index in [-0.39, 0.29) is 12.1 Å². The molecule has 19 heavy (non-hydrogen) atoms. The third-order valence-electron chi connectivity index (χ3n) is 3.15. The van der Waals surface area contributed by atoms with Crippen LogP contribution in [-0.2, 0) is 4.79 Å².